The first-order valence-corrected chi connectivity index (χ1v) is 11.5. The summed E-state index contributed by atoms with van der Waals surface area (Å²) in [5, 5.41) is 7.80. The van der Waals surface area contributed by atoms with Gasteiger partial charge >= 0.3 is 0 Å². The second-order valence-electron chi connectivity index (χ2n) is 9.81. The zero-order valence-corrected chi connectivity index (χ0v) is 18.9. The van der Waals surface area contributed by atoms with Crippen molar-refractivity contribution in [1.29, 1.82) is 0 Å². The van der Waals surface area contributed by atoms with E-state index in [-0.39, 0.29) is 10.8 Å². The maximum atomic E-state index is 5.96. The predicted molar refractivity (Wildman–Crippen MR) is 126 cm³/mol. The lowest BCUT2D eigenvalue weighted by Crippen LogP contribution is -2.42. The SMILES string of the molecule is CC[C@]1(C)CCN(c2n[nH]c3nc(N4CCC(C)(CN)CC4)cnc23)c2ccccc21. The van der Waals surface area contributed by atoms with Crippen LogP contribution in [0.2, 0.25) is 0 Å². The highest BCUT2D eigenvalue weighted by molar-refractivity contribution is 5.88. The first-order valence-electron chi connectivity index (χ1n) is 11.5. The molecule has 7 nitrogen and oxygen atoms in total. The standard InChI is InChI=1S/C24H33N7/c1-4-24(3)11-14-31(18-8-6-5-7-17(18)24)22-20-21(28-29-22)27-19(15-26-20)30-12-9-23(2,16-25)10-13-30/h5-8,15H,4,9-14,16,25H2,1-3H3,(H,27,28,29)/t24-/m1/s1. The molecule has 0 radical (unpaired) electrons. The van der Waals surface area contributed by atoms with Crippen LogP contribution in [0.25, 0.3) is 11.2 Å². The number of nitrogens with two attached hydrogens (primary N) is 1. The maximum absolute atomic E-state index is 5.96. The number of benzene rings is 1. The van der Waals surface area contributed by atoms with Crippen LogP contribution in [0, 0.1) is 5.41 Å². The predicted octanol–water partition coefficient (Wildman–Crippen LogP) is 4.13. The summed E-state index contributed by atoms with van der Waals surface area (Å²) in [6.45, 7) is 10.5. The van der Waals surface area contributed by atoms with Gasteiger partial charge in [0.1, 0.15) is 5.82 Å². The van der Waals surface area contributed by atoms with Crippen molar-refractivity contribution in [3.63, 3.8) is 0 Å². The van der Waals surface area contributed by atoms with Gasteiger partial charge in [-0.2, -0.15) is 5.10 Å². The average Bonchev–Trinajstić information content (AvgIpc) is 3.23. The number of anilines is 3. The largest absolute Gasteiger partial charge is 0.355 e. The second-order valence-corrected chi connectivity index (χ2v) is 9.81. The van der Waals surface area contributed by atoms with E-state index in [9.17, 15) is 0 Å². The van der Waals surface area contributed by atoms with Crippen molar-refractivity contribution < 1.29 is 0 Å². The van der Waals surface area contributed by atoms with Crippen LogP contribution < -0.4 is 15.5 Å². The van der Waals surface area contributed by atoms with E-state index in [1.54, 1.807) is 0 Å². The van der Waals surface area contributed by atoms with Crippen LogP contribution in [0.5, 0.6) is 0 Å². The molecule has 0 aliphatic carbocycles. The summed E-state index contributed by atoms with van der Waals surface area (Å²) in [7, 11) is 0. The molecule has 2 aliphatic rings. The van der Waals surface area contributed by atoms with Gasteiger partial charge < -0.3 is 15.5 Å². The molecule has 164 valence electrons. The Morgan fingerprint density at radius 2 is 1.87 bits per heavy atom. The molecule has 1 aromatic carbocycles. The highest BCUT2D eigenvalue weighted by Gasteiger charge is 2.35. The number of nitrogens with one attached hydrogen (secondary N) is 1. The number of para-hydroxylation sites is 1. The molecule has 1 fully saturated rings. The minimum absolute atomic E-state index is 0.199. The van der Waals surface area contributed by atoms with Crippen molar-refractivity contribution in [2.45, 2.75) is 51.9 Å². The number of hydrogen-bond acceptors (Lipinski definition) is 6. The highest BCUT2D eigenvalue weighted by atomic mass is 15.3. The van der Waals surface area contributed by atoms with Gasteiger partial charge in [0.25, 0.3) is 0 Å². The van der Waals surface area contributed by atoms with Crippen molar-refractivity contribution in [3.05, 3.63) is 36.0 Å². The monoisotopic (exact) mass is 419 g/mol. The zero-order valence-electron chi connectivity index (χ0n) is 18.9. The Kier molecular flexibility index (Phi) is 4.88. The van der Waals surface area contributed by atoms with E-state index in [4.69, 9.17) is 15.7 Å². The van der Waals surface area contributed by atoms with Gasteiger partial charge in [0, 0.05) is 25.3 Å². The van der Waals surface area contributed by atoms with Crippen molar-refractivity contribution in [3.8, 4) is 0 Å². The Hall–Kier alpha value is -2.67. The summed E-state index contributed by atoms with van der Waals surface area (Å²) < 4.78 is 0. The van der Waals surface area contributed by atoms with Crippen molar-refractivity contribution >= 4 is 28.5 Å². The molecule has 31 heavy (non-hydrogen) atoms. The average molecular weight is 420 g/mol. The van der Waals surface area contributed by atoms with Gasteiger partial charge in [0.15, 0.2) is 17.0 Å². The number of piperidine rings is 1. The minimum Gasteiger partial charge on any atom is -0.355 e. The van der Waals surface area contributed by atoms with Gasteiger partial charge in [-0.25, -0.2) is 9.97 Å². The van der Waals surface area contributed by atoms with Gasteiger partial charge in [-0.15, -0.1) is 0 Å². The summed E-state index contributed by atoms with van der Waals surface area (Å²) in [5.41, 5.74) is 10.6. The smallest absolute Gasteiger partial charge is 0.183 e. The summed E-state index contributed by atoms with van der Waals surface area (Å²) >= 11 is 0. The van der Waals surface area contributed by atoms with E-state index in [0.29, 0.717) is 0 Å². The van der Waals surface area contributed by atoms with E-state index in [0.717, 1.165) is 74.7 Å². The number of aromatic nitrogens is 4. The van der Waals surface area contributed by atoms with Crippen molar-refractivity contribution in [1.82, 2.24) is 20.2 Å². The Bertz CT molecular complexity index is 1080. The first kappa shape index (κ1) is 20.2. The van der Waals surface area contributed by atoms with Crippen molar-refractivity contribution in [2.24, 2.45) is 11.1 Å². The van der Waals surface area contributed by atoms with E-state index >= 15 is 0 Å². The summed E-state index contributed by atoms with van der Waals surface area (Å²) in [6, 6.07) is 8.71. The molecular formula is C24H33N7. The van der Waals surface area contributed by atoms with Crippen molar-refractivity contribution in [2.75, 3.05) is 36.0 Å². The van der Waals surface area contributed by atoms with Gasteiger partial charge in [-0.1, -0.05) is 39.0 Å². The molecule has 7 heteroatoms. The highest BCUT2D eigenvalue weighted by Crippen LogP contribution is 2.45. The molecule has 2 aromatic heterocycles. The normalized spacial score (nSPS) is 23.2. The molecule has 1 atom stereocenters. The fourth-order valence-corrected chi connectivity index (χ4v) is 5.02. The third-order valence-electron chi connectivity index (χ3n) is 7.79. The Labute approximate surface area is 184 Å². The van der Waals surface area contributed by atoms with Crippen LogP contribution in [0.3, 0.4) is 0 Å². The Balaban J connectivity index is 1.46. The molecule has 1 saturated heterocycles. The lowest BCUT2D eigenvalue weighted by molar-refractivity contribution is 0.258. The molecule has 0 bridgehead atoms. The fourth-order valence-electron chi connectivity index (χ4n) is 5.02. The van der Waals surface area contributed by atoms with E-state index < -0.39 is 0 Å². The maximum Gasteiger partial charge on any atom is 0.183 e. The lowest BCUT2D eigenvalue weighted by atomic mass is 9.74. The Morgan fingerprint density at radius 3 is 2.61 bits per heavy atom. The molecule has 3 aromatic rings. The molecule has 5 rings (SSSR count). The van der Waals surface area contributed by atoms with Crippen LogP contribution in [0.1, 0.15) is 52.0 Å². The van der Waals surface area contributed by atoms with Crippen LogP contribution in [-0.4, -0.2) is 46.3 Å². The molecule has 0 spiro atoms. The molecule has 0 amide bonds. The number of fused-ring (bicyclic) bond motifs is 2. The fraction of sp³-hybridized carbons (Fsp3) is 0.542. The van der Waals surface area contributed by atoms with Crippen LogP contribution in [-0.2, 0) is 5.41 Å². The van der Waals surface area contributed by atoms with E-state index in [2.05, 4.69) is 65.0 Å². The second kappa shape index (κ2) is 7.48. The molecule has 0 unspecified atom stereocenters. The number of nitrogens with zero attached hydrogens (tertiary/aromatic N) is 5. The number of aromatic amines is 1. The summed E-state index contributed by atoms with van der Waals surface area (Å²) in [4.78, 5) is 14.3. The van der Waals surface area contributed by atoms with Gasteiger partial charge in [0.2, 0.25) is 0 Å². The van der Waals surface area contributed by atoms with Gasteiger partial charge in [-0.3, -0.25) is 5.10 Å². The number of hydrogen-bond donors (Lipinski definition) is 2. The summed E-state index contributed by atoms with van der Waals surface area (Å²) in [6.07, 6.45) is 6.28. The third-order valence-corrected chi connectivity index (χ3v) is 7.79. The first-order chi connectivity index (χ1) is 15.0. The van der Waals surface area contributed by atoms with Crippen LogP contribution in [0.15, 0.2) is 30.5 Å². The molecule has 0 saturated carbocycles. The molecule has 4 heterocycles. The molecule has 2 aliphatic heterocycles. The number of H-pyrrole nitrogens is 1. The Morgan fingerprint density at radius 1 is 1.10 bits per heavy atom. The van der Waals surface area contributed by atoms with Gasteiger partial charge in [0.05, 0.1) is 6.20 Å². The lowest BCUT2D eigenvalue weighted by Gasteiger charge is -2.41. The number of rotatable bonds is 4. The summed E-state index contributed by atoms with van der Waals surface area (Å²) in [5.74, 6) is 1.79. The quantitative estimate of drug-likeness (QED) is 0.661. The third kappa shape index (κ3) is 3.35. The van der Waals surface area contributed by atoms with E-state index in [1.165, 1.54) is 11.3 Å². The van der Waals surface area contributed by atoms with Crippen LogP contribution in [0.4, 0.5) is 17.3 Å². The zero-order chi connectivity index (χ0) is 21.6. The minimum atomic E-state index is 0.199. The van der Waals surface area contributed by atoms with E-state index in [1.807, 2.05) is 6.20 Å². The van der Waals surface area contributed by atoms with Gasteiger partial charge in [-0.05, 0) is 54.7 Å². The molecule has 3 N–H and O–H groups in total. The topological polar surface area (TPSA) is 87.0 Å². The van der Waals surface area contributed by atoms with Crippen LogP contribution >= 0.6 is 0 Å². The molecular weight excluding hydrogens is 386 g/mol.